The summed E-state index contributed by atoms with van der Waals surface area (Å²) in [5.41, 5.74) is 1.58. The fraction of sp³-hybridized carbons (Fsp3) is 0.0800. The van der Waals surface area contributed by atoms with Gasteiger partial charge in [-0.05, 0) is 76.3 Å². The second kappa shape index (κ2) is 10.8. The third-order valence-electron chi connectivity index (χ3n) is 5.18. The minimum Gasteiger partial charge on any atom is -0.493 e. The number of amides is 2. The third-order valence-corrected chi connectivity index (χ3v) is 6.27. The number of ether oxygens (including phenoxy) is 2. The van der Waals surface area contributed by atoms with Crippen molar-refractivity contribution >= 4 is 69.2 Å². The van der Waals surface area contributed by atoms with Crippen molar-refractivity contribution in [1.82, 2.24) is 5.32 Å². The Labute approximate surface area is 225 Å². The van der Waals surface area contributed by atoms with E-state index in [1.807, 2.05) is 6.07 Å². The van der Waals surface area contributed by atoms with Crippen molar-refractivity contribution in [2.45, 2.75) is 6.61 Å². The lowest BCUT2D eigenvalue weighted by atomic mass is 10.1. The minimum atomic E-state index is -0.600. The maximum absolute atomic E-state index is 13.2. The van der Waals surface area contributed by atoms with Crippen molar-refractivity contribution in [2.24, 2.45) is 0 Å². The Bertz CT molecular complexity index is 1410. The van der Waals surface area contributed by atoms with E-state index in [1.54, 1.807) is 48.5 Å². The van der Waals surface area contributed by atoms with Crippen molar-refractivity contribution in [1.29, 1.82) is 0 Å². The molecule has 1 saturated heterocycles. The number of rotatable bonds is 7. The first-order valence-electron chi connectivity index (χ1n) is 10.5. The number of non-ortho nitro benzene ring substituents is 1. The lowest BCUT2D eigenvalue weighted by Gasteiger charge is -2.28. The van der Waals surface area contributed by atoms with Gasteiger partial charge in [0.25, 0.3) is 17.5 Å². The largest absolute Gasteiger partial charge is 0.493 e. The number of carbonyl (C=O) groups excluding carboxylic acids is 2. The van der Waals surface area contributed by atoms with Crippen LogP contribution in [0.2, 0.25) is 0 Å². The molecule has 0 atom stereocenters. The molecule has 1 heterocycles. The summed E-state index contributed by atoms with van der Waals surface area (Å²) in [5.74, 6) is -0.344. The summed E-state index contributed by atoms with van der Waals surface area (Å²) < 4.78 is 12.0. The predicted molar refractivity (Wildman–Crippen MR) is 146 cm³/mol. The van der Waals surface area contributed by atoms with Crippen molar-refractivity contribution < 1.29 is 24.0 Å². The molecule has 0 radical (unpaired) electrons. The van der Waals surface area contributed by atoms with E-state index in [9.17, 15) is 19.7 Å². The number of hydrogen-bond acceptors (Lipinski definition) is 7. The van der Waals surface area contributed by atoms with Gasteiger partial charge in [0.05, 0.1) is 21.3 Å². The van der Waals surface area contributed by atoms with Crippen LogP contribution in [0.25, 0.3) is 6.08 Å². The molecular formula is C25H18IN3O6S. The molecule has 11 heteroatoms. The quantitative estimate of drug-likeness (QED) is 0.103. The SMILES string of the molecule is COc1cc(/C=C2/C(=O)NC(=S)N(c3ccccc3)C2=O)cc(I)c1OCc1cccc([N+](=O)[O-])c1. The number of para-hydroxylation sites is 1. The Balaban J connectivity index is 1.62. The molecule has 2 amide bonds. The van der Waals surface area contributed by atoms with Gasteiger partial charge >= 0.3 is 0 Å². The van der Waals surface area contributed by atoms with Gasteiger partial charge in [-0.3, -0.25) is 29.9 Å². The van der Waals surface area contributed by atoms with Crippen LogP contribution in [0, 0.1) is 13.7 Å². The van der Waals surface area contributed by atoms with Crippen LogP contribution in [-0.4, -0.2) is 29.0 Å². The minimum absolute atomic E-state index is 0.00501. The van der Waals surface area contributed by atoms with E-state index in [0.29, 0.717) is 31.9 Å². The number of anilines is 1. The van der Waals surface area contributed by atoms with Crippen molar-refractivity contribution in [3.05, 3.63) is 97.1 Å². The van der Waals surface area contributed by atoms with Gasteiger partial charge in [-0.15, -0.1) is 0 Å². The van der Waals surface area contributed by atoms with Crippen molar-refractivity contribution in [3.63, 3.8) is 0 Å². The molecule has 0 aliphatic carbocycles. The molecule has 182 valence electrons. The maximum atomic E-state index is 13.2. The average molecular weight is 615 g/mol. The van der Waals surface area contributed by atoms with Gasteiger partial charge in [-0.25, -0.2) is 0 Å². The maximum Gasteiger partial charge on any atom is 0.270 e. The zero-order valence-corrected chi connectivity index (χ0v) is 21.7. The predicted octanol–water partition coefficient (Wildman–Crippen LogP) is 4.62. The second-order valence-corrected chi connectivity index (χ2v) is 9.09. The zero-order valence-electron chi connectivity index (χ0n) is 18.8. The van der Waals surface area contributed by atoms with Gasteiger partial charge in [-0.1, -0.05) is 30.3 Å². The number of nitrogens with one attached hydrogen (secondary N) is 1. The molecule has 1 aliphatic heterocycles. The number of benzene rings is 3. The highest BCUT2D eigenvalue weighted by atomic mass is 127. The van der Waals surface area contributed by atoms with Crippen molar-refractivity contribution in [3.8, 4) is 11.5 Å². The van der Waals surface area contributed by atoms with Crippen LogP contribution in [0.5, 0.6) is 11.5 Å². The molecule has 0 aromatic heterocycles. The number of nitrogens with zero attached hydrogens (tertiary/aromatic N) is 2. The van der Waals surface area contributed by atoms with E-state index in [-0.39, 0.29) is 23.0 Å². The Morgan fingerprint density at radius 1 is 1.11 bits per heavy atom. The zero-order chi connectivity index (χ0) is 25.8. The lowest BCUT2D eigenvalue weighted by molar-refractivity contribution is -0.384. The highest BCUT2D eigenvalue weighted by molar-refractivity contribution is 14.1. The van der Waals surface area contributed by atoms with Gasteiger partial charge in [0, 0.05) is 12.1 Å². The molecule has 1 N–H and O–H groups in total. The monoisotopic (exact) mass is 615 g/mol. The number of methoxy groups -OCH3 is 1. The number of nitro groups is 1. The smallest absolute Gasteiger partial charge is 0.270 e. The van der Waals surface area contributed by atoms with Crippen LogP contribution >= 0.6 is 34.8 Å². The van der Waals surface area contributed by atoms with Crippen LogP contribution in [0.1, 0.15) is 11.1 Å². The van der Waals surface area contributed by atoms with E-state index in [0.717, 1.165) is 0 Å². The highest BCUT2D eigenvalue weighted by Gasteiger charge is 2.34. The third kappa shape index (κ3) is 5.36. The highest BCUT2D eigenvalue weighted by Crippen LogP contribution is 2.35. The van der Waals surface area contributed by atoms with E-state index < -0.39 is 16.7 Å². The molecule has 0 saturated carbocycles. The summed E-state index contributed by atoms with van der Waals surface area (Å²) in [6.45, 7) is 0.0822. The van der Waals surface area contributed by atoms with E-state index >= 15 is 0 Å². The number of carbonyl (C=O) groups is 2. The summed E-state index contributed by atoms with van der Waals surface area (Å²) in [6.07, 6.45) is 1.46. The Hall–Kier alpha value is -3.84. The molecule has 1 fully saturated rings. The van der Waals surface area contributed by atoms with E-state index in [1.165, 1.54) is 30.2 Å². The number of halogens is 1. The number of nitro benzene ring substituents is 1. The molecule has 0 bridgehead atoms. The van der Waals surface area contributed by atoms with Gasteiger partial charge in [0.2, 0.25) is 0 Å². The van der Waals surface area contributed by atoms with Crippen LogP contribution in [0.4, 0.5) is 11.4 Å². The van der Waals surface area contributed by atoms with Crippen LogP contribution in [0.15, 0.2) is 72.3 Å². The first kappa shape index (κ1) is 25.3. The summed E-state index contributed by atoms with van der Waals surface area (Å²) in [4.78, 5) is 37.6. The van der Waals surface area contributed by atoms with Gasteiger partial charge in [0.15, 0.2) is 16.6 Å². The van der Waals surface area contributed by atoms with E-state index in [4.69, 9.17) is 21.7 Å². The molecule has 1 aliphatic rings. The molecule has 36 heavy (non-hydrogen) atoms. The summed E-state index contributed by atoms with van der Waals surface area (Å²) >= 11 is 7.28. The summed E-state index contributed by atoms with van der Waals surface area (Å²) in [5, 5.41) is 13.6. The molecule has 3 aromatic carbocycles. The molecule has 4 rings (SSSR count). The van der Waals surface area contributed by atoms with Crippen LogP contribution < -0.4 is 19.7 Å². The van der Waals surface area contributed by atoms with Crippen LogP contribution in [0.3, 0.4) is 0 Å². The fourth-order valence-electron chi connectivity index (χ4n) is 3.51. The average Bonchev–Trinajstić information content (AvgIpc) is 2.86. The molecule has 3 aromatic rings. The van der Waals surface area contributed by atoms with Crippen molar-refractivity contribution in [2.75, 3.05) is 12.0 Å². The second-order valence-electron chi connectivity index (χ2n) is 7.54. The summed E-state index contributed by atoms with van der Waals surface area (Å²) in [7, 11) is 1.47. The van der Waals surface area contributed by atoms with Crippen LogP contribution in [-0.2, 0) is 16.2 Å². The summed E-state index contributed by atoms with van der Waals surface area (Å²) in [6, 6.07) is 18.3. The normalized spacial score (nSPS) is 14.6. The lowest BCUT2D eigenvalue weighted by Crippen LogP contribution is -2.54. The Kier molecular flexibility index (Phi) is 7.60. The van der Waals surface area contributed by atoms with Gasteiger partial charge in [0.1, 0.15) is 12.2 Å². The standard InChI is InChI=1S/C25H18IN3O6S/c1-34-21-13-16(12-20(26)22(21)35-14-15-6-5-9-18(10-15)29(32)33)11-19-23(30)27-25(36)28(24(19)31)17-7-3-2-4-8-17/h2-13H,14H2,1H3,(H,27,30,36)/b19-11-. The molecule has 9 nitrogen and oxygen atoms in total. The topological polar surface area (TPSA) is 111 Å². The Morgan fingerprint density at radius 3 is 2.56 bits per heavy atom. The number of hydrogen-bond donors (Lipinski definition) is 1. The van der Waals surface area contributed by atoms with E-state index in [2.05, 4.69) is 27.9 Å². The Morgan fingerprint density at radius 2 is 1.86 bits per heavy atom. The van der Waals surface area contributed by atoms with Gasteiger partial charge < -0.3 is 9.47 Å². The van der Waals surface area contributed by atoms with Gasteiger partial charge in [-0.2, -0.15) is 0 Å². The first-order valence-corrected chi connectivity index (χ1v) is 12.0. The molecular weight excluding hydrogens is 597 g/mol. The molecule has 0 unspecified atom stereocenters. The number of thiocarbonyl (C=S) groups is 1. The first-order chi connectivity index (χ1) is 17.3. The fourth-order valence-corrected chi connectivity index (χ4v) is 4.58. The molecule has 0 spiro atoms.